The fraction of sp³-hybridized carbons (Fsp3) is 1.00. The van der Waals surface area contributed by atoms with Crippen LogP contribution < -0.4 is 5.73 Å². The maximum absolute atomic E-state index is 6.07. The quantitative estimate of drug-likeness (QED) is 0.683. The Morgan fingerprint density at radius 1 is 1.17 bits per heavy atom. The molecule has 3 rings (SSSR count). The summed E-state index contributed by atoms with van der Waals surface area (Å²) in [5, 5.41) is 0. The summed E-state index contributed by atoms with van der Waals surface area (Å²) in [5.41, 5.74) is 7.26. The second-order valence-electron chi connectivity index (χ2n) is 5.52. The third kappa shape index (κ3) is 1.02. The van der Waals surface area contributed by atoms with E-state index in [0.717, 1.165) is 11.3 Å². The molecule has 0 amide bonds. The first kappa shape index (κ1) is 7.37. The van der Waals surface area contributed by atoms with E-state index >= 15 is 0 Å². The zero-order valence-corrected chi connectivity index (χ0v) is 7.81. The molecule has 0 aliphatic heterocycles. The van der Waals surface area contributed by atoms with Crippen molar-refractivity contribution in [3.8, 4) is 0 Å². The van der Waals surface area contributed by atoms with Gasteiger partial charge in [-0.05, 0) is 56.3 Å². The van der Waals surface area contributed by atoms with Crippen LogP contribution in [0.4, 0.5) is 0 Å². The maximum Gasteiger partial charge on any atom is 0.0155 e. The summed E-state index contributed by atoms with van der Waals surface area (Å²) < 4.78 is 0. The van der Waals surface area contributed by atoms with Crippen molar-refractivity contribution in [3.05, 3.63) is 0 Å². The van der Waals surface area contributed by atoms with E-state index in [1.165, 1.54) is 44.9 Å². The Bertz CT molecular complexity index is 201. The molecule has 12 heavy (non-hydrogen) atoms. The number of hydrogen-bond acceptors (Lipinski definition) is 1. The third-order valence-corrected chi connectivity index (χ3v) is 4.59. The maximum atomic E-state index is 6.07. The van der Waals surface area contributed by atoms with Crippen LogP contribution in [0.5, 0.6) is 0 Å². The van der Waals surface area contributed by atoms with E-state index in [1.54, 1.807) is 6.42 Å². The van der Waals surface area contributed by atoms with Gasteiger partial charge in [0.05, 0.1) is 0 Å². The second kappa shape index (κ2) is 2.06. The highest BCUT2D eigenvalue weighted by atomic mass is 14.8. The zero-order chi connectivity index (χ0) is 8.23. The lowest BCUT2D eigenvalue weighted by atomic mass is 9.79. The van der Waals surface area contributed by atoms with Gasteiger partial charge in [-0.2, -0.15) is 0 Å². The van der Waals surface area contributed by atoms with Crippen LogP contribution in [0.15, 0.2) is 0 Å². The van der Waals surface area contributed by atoms with Crippen LogP contribution in [0.3, 0.4) is 0 Å². The summed E-state index contributed by atoms with van der Waals surface area (Å²) in [6.45, 7) is 0. The van der Waals surface area contributed by atoms with Crippen molar-refractivity contribution in [2.75, 3.05) is 0 Å². The molecular formula is C11H19N. The molecule has 68 valence electrons. The molecule has 1 atom stereocenters. The van der Waals surface area contributed by atoms with Crippen LogP contribution >= 0.6 is 0 Å². The highest BCUT2D eigenvalue weighted by molar-refractivity contribution is 5.09. The molecule has 1 heteroatoms. The van der Waals surface area contributed by atoms with E-state index in [0.29, 0.717) is 5.54 Å². The molecule has 0 aromatic carbocycles. The first-order valence-electron chi connectivity index (χ1n) is 5.52. The summed E-state index contributed by atoms with van der Waals surface area (Å²) >= 11 is 0. The lowest BCUT2D eigenvalue weighted by Crippen LogP contribution is -2.22. The van der Waals surface area contributed by atoms with Crippen molar-refractivity contribution >= 4 is 0 Å². The van der Waals surface area contributed by atoms with Gasteiger partial charge in [0.25, 0.3) is 0 Å². The van der Waals surface area contributed by atoms with Gasteiger partial charge in [0.15, 0.2) is 0 Å². The van der Waals surface area contributed by atoms with Crippen molar-refractivity contribution in [2.24, 2.45) is 17.1 Å². The van der Waals surface area contributed by atoms with Crippen molar-refractivity contribution in [3.63, 3.8) is 0 Å². The van der Waals surface area contributed by atoms with Gasteiger partial charge in [0, 0.05) is 5.54 Å². The van der Waals surface area contributed by atoms with Gasteiger partial charge < -0.3 is 5.73 Å². The predicted molar refractivity (Wildman–Crippen MR) is 49.8 cm³/mol. The summed E-state index contributed by atoms with van der Waals surface area (Å²) in [4.78, 5) is 0. The normalized spacial score (nSPS) is 39.2. The first-order chi connectivity index (χ1) is 5.73. The van der Waals surface area contributed by atoms with Crippen LogP contribution in [0.2, 0.25) is 0 Å². The van der Waals surface area contributed by atoms with E-state index in [2.05, 4.69) is 0 Å². The summed E-state index contributed by atoms with van der Waals surface area (Å²) in [5.74, 6) is 1.09. The van der Waals surface area contributed by atoms with Crippen LogP contribution in [0, 0.1) is 11.3 Å². The number of nitrogens with two attached hydrogens (primary N) is 1. The molecule has 1 unspecified atom stereocenters. The fourth-order valence-electron chi connectivity index (χ4n) is 2.96. The van der Waals surface area contributed by atoms with Crippen LogP contribution in [0.25, 0.3) is 0 Å². The molecule has 0 heterocycles. The summed E-state index contributed by atoms with van der Waals surface area (Å²) in [6, 6.07) is 0. The molecule has 3 aliphatic carbocycles. The predicted octanol–water partition coefficient (Wildman–Crippen LogP) is 2.45. The zero-order valence-electron chi connectivity index (χ0n) is 7.81. The molecule has 1 nitrogen and oxygen atoms in total. The standard InChI is InChI=1S/C11H19N/c12-11(6-7-11)5-2-9-8-10(9)3-1-4-10/h9H,1-8,12H2. The van der Waals surface area contributed by atoms with Crippen molar-refractivity contribution < 1.29 is 0 Å². The van der Waals surface area contributed by atoms with Crippen molar-refractivity contribution in [1.82, 2.24) is 0 Å². The Labute approximate surface area is 74.7 Å². The van der Waals surface area contributed by atoms with Gasteiger partial charge in [-0.3, -0.25) is 0 Å². The summed E-state index contributed by atoms with van der Waals surface area (Å²) in [7, 11) is 0. The molecule has 0 aromatic rings. The number of hydrogen-bond donors (Lipinski definition) is 1. The van der Waals surface area contributed by atoms with E-state index in [4.69, 9.17) is 5.73 Å². The van der Waals surface area contributed by atoms with Crippen LogP contribution in [0.1, 0.15) is 51.4 Å². The Morgan fingerprint density at radius 3 is 2.33 bits per heavy atom. The summed E-state index contributed by atoms with van der Waals surface area (Å²) in [6.07, 6.45) is 11.5. The minimum Gasteiger partial charge on any atom is -0.325 e. The minimum absolute atomic E-state index is 0.313. The lowest BCUT2D eigenvalue weighted by molar-refractivity contribution is 0.250. The minimum atomic E-state index is 0.313. The molecular weight excluding hydrogens is 146 g/mol. The first-order valence-corrected chi connectivity index (χ1v) is 5.52. The SMILES string of the molecule is NC1(CCC2CC23CCC3)CC1. The second-order valence-corrected chi connectivity index (χ2v) is 5.52. The van der Waals surface area contributed by atoms with Gasteiger partial charge in [-0.1, -0.05) is 6.42 Å². The van der Waals surface area contributed by atoms with Gasteiger partial charge >= 0.3 is 0 Å². The monoisotopic (exact) mass is 165 g/mol. The van der Waals surface area contributed by atoms with Crippen LogP contribution in [-0.2, 0) is 0 Å². The average Bonchev–Trinajstić information content (AvgIpc) is 2.78. The van der Waals surface area contributed by atoms with Gasteiger partial charge in [0.2, 0.25) is 0 Å². The van der Waals surface area contributed by atoms with E-state index < -0.39 is 0 Å². The molecule has 0 aromatic heterocycles. The molecule has 0 bridgehead atoms. The van der Waals surface area contributed by atoms with Gasteiger partial charge in [-0.15, -0.1) is 0 Å². The Hall–Kier alpha value is -0.0400. The van der Waals surface area contributed by atoms with Crippen molar-refractivity contribution in [1.29, 1.82) is 0 Å². The highest BCUT2D eigenvalue weighted by Gasteiger charge is 2.57. The topological polar surface area (TPSA) is 26.0 Å². The Morgan fingerprint density at radius 2 is 1.92 bits per heavy atom. The lowest BCUT2D eigenvalue weighted by Gasteiger charge is -2.27. The van der Waals surface area contributed by atoms with E-state index in [-0.39, 0.29) is 0 Å². The number of rotatable bonds is 3. The van der Waals surface area contributed by atoms with E-state index in [1.807, 2.05) is 0 Å². The molecule has 2 N–H and O–H groups in total. The smallest absolute Gasteiger partial charge is 0.0155 e. The Balaban J connectivity index is 1.46. The third-order valence-electron chi connectivity index (χ3n) is 4.59. The molecule has 3 saturated carbocycles. The molecule has 3 fully saturated rings. The molecule has 0 radical (unpaired) electrons. The van der Waals surface area contributed by atoms with Crippen LogP contribution in [-0.4, -0.2) is 5.54 Å². The average molecular weight is 165 g/mol. The van der Waals surface area contributed by atoms with Gasteiger partial charge in [-0.25, -0.2) is 0 Å². The van der Waals surface area contributed by atoms with Gasteiger partial charge in [0.1, 0.15) is 0 Å². The molecule has 1 spiro atoms. The largest absolute Gasteiger partial charge is 0.325 e. The molecule has 0 saturated heterocycles. The highest BCUT2D eigenvalue weighted by Crippen LogP contribution is 2.67. The fourth-order valence-corrected chi connectivity index (χ4v) is 2.96. The Kier molecular flexibility index (Phi) is 1.27. The van der Waals surface area contributed by atoms with E-state index in [9.17, 15) is 0 Å². The molecule has 3 aliphatic rings. The van der Waals surface area contributed by atoms with Crippen molar-refractivity contribution in [2.45, 2.75) is 56.9 Å².